The molecule has 1 N–H and O–H groups in total. The predicted molar refractivity (Wildman–Crippen MR) is 87.8 cm³/mol. The normalized spacial score (nSPS) is 12.9. The van der Waals surface area contributed by atoms with Crippen LogP contribution in [0.1, 0.15) is 57.1 Å². The highest BCUT2D eigenvalue weighted by atomic mass is 16.4. The van der Waals surface area contributed by atoms with Gasteiger partial charge in [0.15, 0.2) is 0 Å². The molecule has 0 saturated carbocycles. The average Bonchev–Trinajstić information content (AvgIpc) is 2.44. The van der Waals surface area contributed by atoms with Crippen molar-refractivity contribution in [3.8, 4) is 0 Å². The minimum Gasteiger partial charge on any atom is -0.481 e. The maximum atomic E-state index is 11.1. The Morgan fingerprint density at radius 2 is 1.86 bits per heavy atom. The van der Waals surface area contributed by atoms with Gasteiger partial charge in [-0.2, -0.15) is 0 Å². The lowest BCUT2D eigenvalue weighted by molar-refractivity contribution is -0.138. The summed E-state index contributed by atoms with van der Waals surface area (Å²) >= 11 is 0. The molecule has 0 spiro atoms. The summed E-state index contributed by atoms with van der Waals surface area (Å²) in [7, 11) is 2.03. The third kappa shape index (κ3) is 6.30. The van der Waals surface area contributed by atoms with Gasteiger partial charge in [0.1, 0.15) is 0 Å². The van der Waals surface area contributed by atoms with Crippen molar-refractivity contribution in [1.29, 1.82) is 0 Å². The van der Waals surface area contributed by atoms with E-state index in [2.05, 4.69) is 49.9 Å². The van der Waals surface area contributed by atoms with Crippen LogP contribution in [0.5, 0.6) is 0 Å². The zero-order valence-electron chi connectivity index (χ0n) is 13.8. The third-order valence-electron chi connectivity index (χ3n) is 4.02. The van der Waals surface area contributed by atoms with Gasteiger partial charge in [0, 0.05) is 6.04 Å². The van der Waals surface area contributed by atoms with E-state index >= 15 is 0 Å². The van der Waals surface area contributed by atoms with Crippen LogP contribution in [0, 0.1) is 0 Å². The highest BCUT2D eigenvalue weighted by Crippen LogP contribution is 2.17. The Morgan fingerprint density at radius 1 is 1.24 bits per heavy atom. The zero-order valence-corrected chi connectivity index (χ0v) is 13.8. The van der Waals surface area contributed by atoms with Crippen LogP contribution in [0.25, 0.3) is 0 Å². The van der Waals surface area contributed by atoms with Crippen LogP contribution in [0.15, 0.2) is 24.3 Å². The van der Waals surface area contributed by atoms with Gasteiger partial charge in [-0.15, -0.1) is 0 Å². The first-order valence-electron chi connectivity index (χ1n) is 7.94. The number of aliphatic carboxylic acids is 1. The molecule has 0 saturated heterocycles. The summed E-state index contributed by atoms with van der Waals surface area (Å²) in [5.74, 6) is -0.191. The monoisotopic (exact) mass is 291 g/mol. The summed E-state index contributed by atoms with van der Waals surface area (Å²) in [6, 6.07) is 8.66. The number of likely N-dealkylation sites (N-methyl/N-ethyl adjacent to an activating group) is 1. The first-order valence-corrected chi connectivity index (χ1v) is 7.94. The number of nitrogens with zero attached hydrogens (tertiary/aromatic N) is 1. The largest absolute Gasteiger partial charge is 0.481 e. The van der Waals surface area contributed by atoms with Gasteiger partial charge in [-0.1, -0.05) is 51.5 Å². The summed E-state index contributed by atoms with van der Waals surface area (Å²) in [6.45, 7) is 7.48. The standard InChI is InChI=1S/C18H29NO2/c1-5-6-11-19(4)17(13-18(20)21)12-15-7-9-16(10-8-15)14(2)3/h7-10,14,17H,5-6,11-13H2,1-4H3,(H,20,21). The van der Waals surface area contributed by atoms with E-state index in [0.717, 1.165) is 25.8 Å². The van der Waals surface area contributed by atoms with Crippen molar-refractivity contribution in [1.82, 2.24) is 4.90 Å². The van der Waals surface area contributed by atoms with Crippen LogP contribution in [-0.4, -0.2) is 35.6 Å². The van der Waals surface area contributed by atoms with Crippen molar-refractivity contribution < 1.29 is 9.90 Å². The third-order valence-corrected chi connectivity index (χ3v) is 4.02. The molecule has 3 heteroatoms. The quantitative estimate of drug-likeness (QED) is 0.749. The summed E-state index contributed by atoms with van der Waals surface area (Å²) in [6.07, 6.45) is 3.24. The molecule has 0 aromatic heterocycles. The second-order valence-electron chi connectivity index (χ2n) is 6.19. The molecule has 0 radical (unpaired) electrons. The van der Waals surface area contributed by atoms with E-state index < -0.39 is 5.97 Å². The molecule has 1 aromatic rings. The lowest BCUT2D eigenvalue weighted by Gasteiger charge is -2.27. The van der Waals surface area contributed by atoms with Crippen molar-refractivity contribution in [2.45, 2.75) is 58.4 Å². The molecule has 1 atom stereocenters. The van der Waals surface area contributed by atoms with Gasteiger partial charge in [-0.3, -0.25) is 4.79 Å². The van der Waals surface area contributed by atoms with Crippen molar-refractivity contribution in [2.24, 2.45) is 0 Å². The van der Waals surface area contributed by atoms with E-state index in [-0.39, 0.29) is 12.5 Å². The van der Waals surface area contributed by atoms with Gasteiger partial charge in [0.25, 0.3) is 0 Å². The van der Waals surface area contributed by atoms with Crippen LogP contribution in [-0.2, 0) is 11.2 Å². The topological polar surface area (TPSA) is 40.5 Å². The molecule has 1 aromatic carbocycles. The second kappa shape index (κ2) is 8.83. The van der Waals surface area contributed by atoms with E-state index in [1.165, 1.54) is 11.1 Å². The van der Waals surface area contributed by atoms with E-state index in [9.17, 15) is 4.79 Å². The number of hydrogen-bond acceptors (Lipinski definition) is 2. The fourth-order valence-corrected chi connectivity index (χ4v) is 2.49. The molecule has 0 fully saturated rings. The second-order valence-corrected chi connectivity index (χ2v) is 6.19. The van der Waals surface area contributed by atoms with Crippen LogP contribution >= 0.6 is 0 Å². The molecule has 3 nitrogen and oxygen atoms in total. The number of unbranched alkanes of at least 4 members (excludes halogenated alkanes) is 1. The minimum absolute atomic E-state index is 0.0685. The average molecular weight is 291 g/mol. The van der Waals surface area contributed by atoms with Gasteiger partial charge < -0.3 is 10.0 Å². The fraction of sp³-hybridized carbons (Fsp3) is 0.611. The van der Waals surface area contributed by atoms with Gasteiger partial charge in [0.2, 0.25) is 0 Å². The van der Waals surface area contributed by atoms with E-state index in [4.69, 9.17) is 5.11 Å². The Bertz CT molecular complexity index is 425. The number of rotatable bonds is 9. The first-order chi connectivity index (χ1) is 9.93. The first kappa shape index (κ1) is 17.7. The number of carboxylic acid groups (broad SMARTS) is 1. The van der Waals surface area contributed by atoms with Gasteiger partial charge in [-0.05, 0) is 43.5 Å². The minimum atomic E-state index is -0.720. The van der Waals surface area contributed by atoms with E-state index in [0.29, 0.717) is 5.92 Å². The van der Waals surface area contributed by atoms with Gasteiger partial charge in [-0.25, -0.2) is 0 Å². The van der Waals surface area contributed by atoms with Crippen molar-refractivity contribution in [3.05, 3.63) is 35.4 Å². The number of hydrogen-bond donors (Lipinski definition) is 1. The Balaban J connectivity index is 2.72. The van der Waals surface area contributed by atoms with Crippen molar-refractivity contribution >= 4 is 5.97 Å². The molecule has 1 unspecified atom stereocenters. The van der Waals surface area contributed by atoms with Crippen molar-refractivity contribution in [2.75, 3.05) is 13.6 Å². The van der Waals surface area contributed by atoms with Crippen LogP contribution in [0.4, 0.5) is 0 Å². The summed E-state index contributed by atoms with van der Waals surface area (Å²) in [5.41, 5.74) is 2.54. The lowest BCUT2D eigenvalue weighted by Crippen LogP contribution is -2.36. The molecule has 0 aliphatic heterocycles. The maximum absolute atomic E-state index is 11.1. The van der Waals surface area contributed by atoms with E-state index in [1.54, 1.807) is 0 Å². The van der Waals surface area contributed by atoms with Crippen LogP contribution in [0.2, 0.25) is 0 Å². The Kier molecular flexibility index (Phi) is 7.44. The molecule has 0 heterocycles. The fourth-order valence-electron chi connectivity index (χ4n) is 2.49. The summed E-state index contributed by atoms with van der Waals surface area (Å²) in [5, 5.41) is 9.13. The molecule has 1 rings (SSSR count). The molecular formula is C18H29NO2. The van der Waals surface area contributed by atoms with Gasteiger partial charge >= 0.3 is 5.97 Å². The lowest BCUT2D eigenvalue weighted by atomic mass is 9.97. The smallest absolute Gasteiger partial charge is 0.304 e. The molecule has 21 heavy (non-hydrogen) atoms. The molecule has 0 amide bonds. The SMILES string of the molecule is CCCCN(C)C(CC(=O)O)Cc1ccc(C(C)C)cc1. The Hall–Kier alpha value is -1.35. The summed E-state index contributed by atoms with van der Waals surface area (Å²) < 4.78 is 0. The highest BCUT2D eigenvalue weighted by Gasteiger charge is 2.18. The van der Waals surface area contributed by atoms with Crippen LogP contribution < -0.4 is 0 Å². The number of carboxylic acids is 1. The summed E-state index contributed by atoms with van der Waals surface area (Å²) in [4.78, 5) is 13.3. The predicted octanol–water partition coefficient (Wildman–Crippen LogP) is 3.93. The van der Waals surface area contributed by atoms with Crippen LogP contribution in [0.3, 0.4) is 0 Å². The number of benzene rings is 1. The molecule has 0 bridgehead atoms. The highest BCUT2D eigenvalue weighted by molar-refractivity contribution is 5.67. The van der Waals surface area contributed by atoms with Gasteiger partial charge in [0.05, 0.1) is 6.42 Å². The molecular weight excluding hydrogens is 262 g/mol. The van der Waals surface area contributed by atoms with E-state index in [1.807, 2.05) is 7.05 Å². The van der Waals surface area contributed by atoms with Crippen molar-refractivity contribution in [3.63, 3.8) is 0 Å². The number of carbonyl (C=O) groups is 1. The molecule has 0 aliphatic rings. The molecule has 0 aliphatic carbocycles. The molecule has 118 valence electrons. The maximum Gasteiger partial charge on any atom is 0.304 e. The Labute approximate surface area is 129 Å². The zero-order chi connectivity index (χ0) is 15.8. The Morgan fingerprint density at radius 3 is 2.33 bits per heavy atom.